The molecule has 0 radical (unpaired) electrons. The molecule has 0 saturated carbocycles. The number of fused-ring (bicyclic) bond motifs is 1. The van der Waals surface area contributed by atoms with Crippen LogP contribution in [0.1, 0.15) is 43.6 Å². The third kappa shape index (κ3) is 2.92. The minimum atomic E-state index is 0.769. The summed E-state index contributed by atoms with van der Waals surface area (Å²) in [6, 6.07) is 8.99. The lowest BCUT2D eigenvalue weighted by Crippen LogP contribution is -2.31. The van der Waals surface area contributed by atoms with Gasteiger partial charge >= 0.3 is 0 Å². The molecule has 1 saturated heterocycles. The summed E-state index contributed by atoms with van der Waals surface area (Å²) < 4.78 is 0. The van der Waals surface area contributed by atoms with Crippen molar-refractivity contribution in [2.24, 2.45) is 0 Å². The van der Waals surface area contributed by atoms with E-state index in [1.165, 1.54) is 62.4 Å². The van der Waals surface area contributed by atoms with Crippen molar-refractivity contribution in [3.63, 3.8) is 0 Å². The zero-order chi connectivity index (χ0) is 12.2. The number of hydrogen-bond donors (Lipinski definition) is 0. The van der Waals surface area contributed by atoms with Gasteiger partial charge in [0.25, 0.3) is 0 Å². The lowest BCUT2D eigenvalue weighted by molar-refractivity contribution is 0.238. The Morgan fingerprint density at radius 3 is 2.56 bits per heavy atom. The SMILES string of the molecule is c1ccc2c(c1)SCC2CN1CCCCCCC1. The fourth-order valence-electron chi connectivity index (χ4n) is 3.19. The van der Waals surface area contributed by atoms with E-state index < -0.39 is 0 Å². The highest BCUT2D eigenvalue weighted by Gasteiger charge is 2.24. The minimum absolute atomic E-state index is 0.769. The van der Waals surface area contributed by atoms with Gasteiger partial charge in [-0.2, -0.15) is 0 Å². The van der Waals surface area contributed by atoms with Crippen LogP contribution >= 0.6 is 11.8 Å². The van der Waals surface area contributed by atoms with E-state index in [4.69, 9.17) is 0 Å². The number of benzene rings is 1. The third-order valence-corrected chi connectivity index (χ3v) is 5.48. The van der Waals surface area contributed by atoms with Gasteiger partial charge in [0.05, 0.1) is 0 Å². The predicted octanol–water partition coefficient (Wildman–Crippen LogP) is 4.14. The van der Waals surface area contributed by atoms with Crippen molar-refractivity contribution in [2.45, 2.75) is 42.9 Å². The first-order valence-electron chi connectivity index (χ1n) is 7.37. The Kier molecular flexibility index (Phi) is 4.27. The molecule has 2 aliphatic heterocycles. The van der Waals surface area contributed by atoms with Crippen molar-refractivity contribution in [3.8, 4) is 0 Å². The van der Waals surface area contributed by atoms with Crippen LogP contribution in [0.4, 0.5) is 0 Å². The second-order valence-corrected chi connectivity index (χ2v) is 6.68. The molecule has 0 aromatic heterocycles. The van der Waals surface area contributed by atoms with Gasteiger partial charge in [0.15, 0.2) is 0 Å². The minimum Gasteiger partial charge on any atom is -0.303 e. The molecule has 1 aromatic carbocycles. The van der Waals surface area contributed by atoms with Gasteiger partial charge in [0, 0.05) is 23.1 Å². The van der Waals surface area contributed by atoms with Crippen LogP contribution in [-0.4, -0.2) is 30.3 Å². The summed E-state index contributed by atoms with van der Waals surface area (Å²) in [6.45, 7) is 3.93. The zero-order valence-electron chi connectivity index (χ0n) is 11.1. The Labute approximate surface area is 115 Å². The fraction of sp³-hybridized carbons (Fsp3) is 0.625. The van der Waals surface area contributed by atoms with Crippen LogP contribution in [0.25, 0.3) is 0 Å². The Morgan fingerprint density at radius 1 is 1.00 bits per heavy atom. The van der Waals surface area contributed by atoms with Gasteiger partial charge in [-0.1, -0.05) is 37.5 Å². The molecule has 2 heteroatoms. The van der Waals surface area contributed by atoms with Crippen molar-refractivity contribution >= 4 is 11.8 Å². The van der Waals surface area contributed by atoms with Crippen LogP contribution in [0.3, 0.4) is 0 Å². The van der Waals surface area contributed by atoms with Crippen molar-refractivity contribution < 1.29 is 0 Å². The Hall–Kier alpha value is -0.470. The first-order chi connectivity index (χ1) is 8.93. The highest BCUT2D eigenvalue weighted by atomic mass is 32.2. The molecule has 1 fully saturated rings. The molecule has 3 rings (SSSR count). The lowest BCUT2D eigenvalue weighted by atomic mass is 10.00. The van der Waals surface area contributed by atoms with Crippen molar-refractivity contribution in [2.75, 3.05) is 25.4 Å². The van der Waals surface area contributed by atoms with Crippen LogP contribution in [0.15, 0.2) is 29.2 Å². The molecule has 1 atom stereocenters. The molecule has 98 valence electrons. The molecular weight excluding hydrogens is 238 g/mol. The molecular formula is C16H23NS. The summed E-state index contributed by atoms with van der Waals surface area (Å²) in [5.74, 6) is 2.06. The smallest absolute Gasteiger partial charge is 0.0108 e. The highest BCUT2D eigenvalue weighted by Crippen LogP contribution is 2.39. The fourth-order valence-corrected chi connectivity index (χ4v) is 4.43. The quantitative estimate of drug-likeness (QED) is 0.787. The Morgan fingerprint density at radius 2 is 1.72 bits per heavy atom. The normalized spacial score (nSPS) is 25.4. The van der Waals surface area contributed by atoms with Gasteiger partial charge in [0.2, 0.25) is 0 Å². The molecule has 0 amide bonds. The number of rotatable bonds is 2. The monoisotopic (exact) mass is 261 g/mol. The van der Waals surface area contributed by atoms with Crippen LogP contribution in [0.2, 0.25) is 0 Å². The summed E-state index contributed by atoms with van der Waals surface area (Å²) in [4.78, 5) is 4.24. The summed E-state index contributed by atoms with van der Waals surface area (Å²) in [5.41, 5.74) is 1.60. The Balaban J connectivity index is 1.62. The van der Waals surface area contributed by atoms with E-state index in [1.54, 1.807) is 5.56 Å². The predicted molar refractivity (Wildman–Crippen MR) is 79.4 cm³/mol. The molecule has 18 heavy (non-hydrogen) atoms. The van der Waals surface area contributed by atoms with E-state index in [-0.39, 0.29) is 0 Å². The van der Waals surface area contributed by atoms with Crippen LogP contribution < -0.4 is 0 Å². The molecule has 0 spiro atoms. The number of likely N-dealkylation sites (tertiary alicyclic amines) is 1. The van der Waals surface area contributed by atoms with Gasteiger partial charge in [-0.15, -0.1) is 11.8 Å². The molecule has 2 heterocycles. The average molecular weight is 261 g/mol. The maximum Gasteiger partial charge on any atom is 0.0108 e. The zero-order valence-corrected chi connectivity index (χ0v) is 11.9. The molecule has 0 aliphatic carbocycles. The third-order valence-electron chi connectivity index (χ3n) is 4.23. The molecule has 0 N–H and O–H groups in total. The van der Waals surface area contributed by atoms with E-state index >= 15 is 0 Å². The summed E-state index contributed by atoms with van der Waals surface area (Å²) in [6.07, 6.45) is 7.14. The number of thioether (sulfide) groups is 1. The maximum atomic E-state index is 2.71. The number of hydrogen-bond acceptors (Lipinski definition) is 2. The van der Waals surface area contributed by atoms with Gasteiger partial charge in [0.1, 0.15) is 0 Å². The molecule has 1 aromatic rings. The summed E-state index contributed by atoms with van der Waals surface area (Å²) in [5, 5.41) is 0. The van der Waals surface area contributed by atoms with E-state index in [0.717, 1.165) is 5.92 Å². The van der Waals surface area contributed by atoms with Gasteiger partial charge < -0.3 is 4.90 Å². The average Bonchev–Trinajstić information content (AvgIpc) is 2.76. The summed E-state index contributed by atoms with van der Waals surface area (Å²) >= 11 is 2.05. The van der Waals surface area contributed by atoms with E-state index in [9.17, 15) is 0 Å². The second-order valence-electron chi connectivity index (χ2n) is 5.61. The lowest BCUT2D eigenvalue weighted by Gasteiger charge is -2.27. The molecule has 1 unspecified atom stereocenters. The molecule has 0 bridgehead atoms. The molecule has 2 aliphatic rings. The van der Waals surface area contributed by atoms with Gasteiger partial charge in [-0.25, -0.2) is 0 Å². The second kappa shape index (κ2) is 6.12. The van der Waals surface area contributed by atoms with Crippen molar-refractivity contribution in [1.29, 1.82) is 0 Å². The van der Waals surface area contributed by atoms with Crippen LogP contribution in [0.5, 0.6) is 0 Å². The largest absolute Gasteiger partial charge is 0.303 e. The van der Waals surface area contributed by atoms with Crippen LogP contribution in [-0.2, 0) is 0 Å². The van der Waals surface area contributed by atoms with Gasteiger partial charge in [-0.05, 0) is 37.6 Å². The number of nitrogens with zero attached hydrogens (tertiary/aromatic N) is 1. The standard InChI is InChI=1S/C16H23NS/c1-2-6-10-17(11-7-3-1)12-14-13-18-16-9-5-4-8-15(14)16/h4-5,8-9,14H,1-3,6-7,10-13H2. The van der Waals surface area contributed by atoms with Crippen molar-refractivity contribution in [1.82, 2.24) is 4.90 Å². The first kappa shape index (κ1) is 12.6. The van der Waals surface area contributed by atoms with Crippen molar-refractivity contribution in [3.05, 3.63) is 29.8 Å². The van der Waals surface area contributed by atoms with E-state index in [0.29, 0.717) is 0 Å². The topological polar surface area (TPSA) is 3.24 Å². The summed E-state index contributed by atoms with van der Waals surface area (Å²) in [7, 11) is 0. The van der Waals surface area contributed by atoms with Gasteiger partial charge in [-0.3, -0.25) is 0 Å². The Bertz CT molecular complexity index is 382. The maximum absolute atomic E-state index is 2.71. The van der Waals surface area contributed by atoms with E-state index in [1.807, 2.05) is 11.8 Å². The molecule has 1 nitrogen and oxygen atoms in total. The van der Waals surface area contributed by atoms with Crippen LogP contribution in [0, 0.1) is 0 Å². The first-order valence-corrected chi connectivity index (χ1v) is 8.36. The van der Waals surface area contributed by atoms with E-state index in [2.05, 4.69) is 29.2 Å². The highest BCUT2D eigenvalue weighted by molar-refractivity contribution is 7.99.